The van der Waals surface area contributed by atoms with E-state index in [1.165, 1.54) is 0 Å². The zero-order chi connectivity index (χ0) is 9.31. The number of ketones is 2. The Hall–Kier alpha value is 0.500. The number of rotatable bonds is 0. The van der Waals surface area contributed by atoms with E-state index in [2.05, 4.69) is 0 Å². The van der Waals surface area contributed by atoms with Crippen LogP contribution in [0.1, 0.15) is 0 Å². The average Bonchev–Trinajstić information content (AvgIpc) is 2.10. The summed E-state index contributed by atoms with van der Waals surface area (Å²) in [5, 5.41) is -2.06. The molecule has 0 aromatic carbocycles. The van der Waals surface area contributed by atoms with Gasteiger partial charge < -0.3 is 0 Å². The van der Waals surface area contributed by atoms with Crippen molar-refractivity contribution in [2.45, 2.75) is 20.5 Å². The fourth-order valence-electron chi connectivity index (χ4n) is 1.55. The van der Waals surface area contributed by atoms with Gasteiger partial charge in [-0.25, -0.2) is 0 Å². The highest BCUT2D eigenvalue weighted by Crippen LogP contribution is 2.64. The zero-order valence-electron chi connectivity index (χ0n) is 5.48. The monoisotopic (exact) mass is 246 g/mol. The van der Waals surface area contributed by atoms with Crippen molar-refractivity contribution in [3.05, 3.63) is 0 Å². The topological polar surface area (TPSA) is 34.1 Å². The molecule has 0 saturated heterocycles. The Morgan fingerprint density at radius 2 is 1.17 bits per heavy atom. The molecule has 2 rings (SSSR count). The van der Waals surface area contributed by atoms with Crippen LogP contribution in [0.15, 0.2) is 0 Å². The first-order valence-electron chi connectivity index (χ1n) is 3.13. The van der Waals surface area contributed by atoms with Crippen molar-refractivity contribution in [1.82, 2.24) is 0 Å². The maximum atomic E-state index is 11.1. The number of carbonyl (C=O) groups excluding carboxylic acids is 2. The fraction of sp³-hybridized carbons (Fsp3) is 0.667. The molecule has 6 heteroatoms. The number of fused-ring (bicyclic) bond motifs is 1. The summed E-state index contributed by atoms with van der Waals surface area (Å²) in [4.78, 5) is 19.3. The summed E-state index contributed by atoms with van der Waals surface area (Å²) < 4.78 is 0. The van der Waals surface area contributed by atoms with Gasteiger partial charge in [0, 0.05) is 0 Å². The molecule has 66 valence electrons. The molecule has 0 bridgehead atoms. The number of alkyl halides is 4. The molecule has 0 amide bonds. The highest BCUT2D eigenvalue weighted by atomic mass is 35.5. The molecular weight excluding hydrogens is 246 g/mol. The minimum Gasteiger partial charge on any atom is -0.296 e. The van der Waals surface area contributed by atoms with Crippen molar-refractivity contribution in [2.75, 3.05) is 0 Å². The molecule has 3 unspecified atom stereocenters. The van der Waals surface area contributed by atoms with Gasteiger partial charge in [0.1, 0.15) is 10.8 Å². The molecule has 4 atom stereocenters. The third-order valence-corrected chi connectivity index (χ3v) is 5.18. The van der Waals surface area contributed by atoms with Crippen LogP contribution in [0.3, 0.4) is 0 Å². The Labute approximate surface area is 88.1 Å². The number of halogens is 4. The van der Waals surface area contributed by atoms with E-state index < -0.39 is 32.1 Å². The fourth-order valence-corrected chi connectivity index (χ4v) is 3.50. The lowest BCUT2D eigenvalue weighted by atomic mass is 9.55. The normalized spacial score (nSPS) is 57.3. The molecule has 0 N–H and O–H groups in total. The smallest absolute Gasteiger partial charge is 0.178 e. The van der Waals surface area contributed by atoms with Crippen LogP contribution in [-0.4, -0.2) is 32.1 Å². The summed E-state index contributed by atoms with van der Waals surface area (Å²) in [6.07, 6.45) is 0. The van der Waals surface area contributed by atoms with E-state index in [1.807, 2.05) is 0 Å². The molecule has 0 spiro atoms. The van der Waals surface area contributed by atoms with Crippen LogP contribution in [0.2, 0.25) is 0 Å². The average molecular weight is 248 g/mol. The number of Topliss-reactive ketones (excluding diaryl/α,β-unsaturated/α-hetero) is 2. The van der Waals surface area contributed by atoms with Crippen molar-refractivity contribution in [1.29, 1.82) is 0 Å². The van der Waals surface area contributed by atoms with E-state index in [1.54, 1.807) is 0 Å². The number of hydrogen-bond acceptors (Lipinski definition) is 2. The van der Waals surface area contributed by atoms with Gasteiger partial charge in [0.15, 0.2) is 21.3 Å². The van der Waals surface area contributed by atoms with Gasteiger partial charge in [-0.05, 0) is 0 Å². The van der Waals surface area contributed by atoms with Crippen LogP contribution < -0.4 is 0 Å². The highest BCUT2D eigenvalue weighted by molar-refractivity contribution is 6.71. The van der Waals surface area contributed by atoms with Gasteiger partial charge in [-0.2, -0.15) is 0 Å². The van der Waals surface area contributed by atoms with Gasteiger partial charge >= 0.3 is 0 Å². The maximum absolute atomic E-state index is 11.1. The third-order valence-electron chi connectivity index (χ3n) is 2.41. The summed E-state index contributed by atoms with van der Waals surface area (Å²) in [7, 11) is 0. The second-order valence-corrected chi connectivity index (χ2v) is 4.94. The molecule has 0 radical (unpaired) electrons. The Bertz CT molecular complexity index is 274. The van der Waals surface area contributed by atoms with Crippen molar-refractivity contribution >= 4 is 58.0 Å². The second-order valence-electron chi connectivity index (χ2n) is 2.88. The van der Waals surface area contributed by atoms with Crippen molar-refractivity contribution in [3.63, 3.8) is 0 Å². The predicted molar refractivity (Wildman–Crippen MR) is 46.5 cm³/mol. The largest absolute Gasteiger partial charge is 0.296 e. The summed E-state index contributed by atoms with van der Waals surface area (Å²) in [6.45, 7) is 0. The lowest BCUT2D eigenvalue weighted by Crippen LogP contribution is -2.89. The van der Waals surface area contributed by atoms with Gasteiger partial charge in [-0.1, -0.05) is 0 Å². The van der Waals surface area contributed by atoms with E-state index in [4.69, 9.17) is 46.4 Å². The minimum absolute atomic E-state index is 0.458. The van der Waals surface area contributed by atoms with Crippen LogP contribution in [-0.2, 0) is 9.59 Å². The molecule has 0 aromatic rings. The molecule has 12 heavy (non-hydrogen) atoms. The Morgan fingerprint density at radius 1 is 0.917 bits per heavy atom. The molecule has 2 nitrogen and oxygen atoms in total. The standard InChI is InChI=1S/C6H2Cl4O2/c7-1-3(11)6(10)2(8)4(12)5(1,6)9/h1-2H/t1?,2?,5-,6?/m1/s1. The second kappa shape index (κ2) is 2.11. The molecule has 0 aromatic heterocycles. The zero-order valence-corrected chi connectivity index (χ0v) is 8.51. The molecule has 2 saturated carbocycles. The molecule has 0 heterocycles. The maximum Gasteiger partial charge on any atom is 0.178 e. The first kappa shape index (κ1) is 9.07. The summed E-state index contributed by atoms with van der Waals surface area (Å²) in [6, 6.07) is 0. The Kier molecular flexibility index (Phi) is 1.60. The highest BCUT2D eigenvalue weighted by Gasteiger charge is 2.87. The van der Waals surface area contributed by atoms with E-state index in [-0.39, 0.29) is 0 Å². The van der Waals surface area contributed by atoms with Crippen LogP contribution in [0.5, 0.6) is 0 Å². The lowest BCUT2D eigenvalue weighted by molar-refractivity contribution is -0.148. The van der Waals surface area contributed by atoms with E-state index >= 15 is 0 Å². The van der Waals surface area contributed by atoms with Gasteiger partial charge in [0.05, 0.1) is 0 Å². The number of carbonyl (C=O) groups is 2. The Morgan fingerprint density at radius 3 is 1.42 bits per heavy atom. The van der Waals surface area contributed by atoms with Crippen molar-refractivity contribution in [2.24, 2.45) is 0 Å². The molecule has 0 aliphatic heterocycles. The van der Waals surface area contributed by atoms with Gasteiger partial charge in [-0.3, -0.25) is 9.59 Å². The van der Waals surface area contributed by atoms with Crippen LogP contribution in [0.25, 0.3) is 0 Å². The van der Waals surface area contributed by atoms with E-state index in [9.17, 15) is 9.59 Å². The third kappa shape index (κ3) is 0.550. The van der Waals surface area contributed by atoms with Gasteiger partial charge in [0.2, 0.25) is 0 Å². The summed E-state index contributed by atoms with van der Waals surface area (Å²) in [5.74, 6) is -0.916. The van der Waals surface area contributed by atoms with Crippen LogP contribution in [0, 0.1) is 0 Å². The van der Waals surface area contributed by atoms with E-state index in [0.717, 1.165) is 0 Å². The SMILES string of the molecule is O=C1C(Cl)[C@@]2(Cl)C(=O)C(Cl)C12Cl. The quantitative estimate of drug-likeness (QED) is 0.606. The lowest BCUT2D eigenvalue weighted by Gasteiger charge is -2.62. The van der Waals surface area contributed by atoms with Crippen LogP contribution >= 0.6 is 46.4 Å². The molecule has 2 aliphatic rings. The summed E-state index contributed by atoms with van der Waals surface area (Å²) >= 11 is 22.6. The van der Waals surface area contributed by atoms with E-state index in [0.29, 0.717) is 0 Å². The predicted octanol–water partition coefficient (Wildman–Crippen LogP) is 1.32. The molecule has 2 fully saturated rings. The first-order valence-corrected chi connectivity index (χ1v) is 4.76. The van der Waals surface area contributed by atoms with Gasteiger partial charge in [-0.15, -0.1) is 46.4 Å². The van der Waals surface area contributed by atoms with Crippen molar-refractivity contribution in [3.8, 4) is 0 Å². The van der Waals surface area contributed by atoms with Crippen molar-refractivity contribution < 1.29 is 9.59 Å². The Balaban J connectivity index is 2.46. The number of hydrogen-bond donors (Lipinski definition) is 0. The molecule has 2 aliphatic carbocycles. The molecular formula is C6H2Cl4O2. The minimum atomic E-state index is -1.46. The first-order chi connectivity index (χ1) is 5.38. The van der Waals surface area contributed by atoms with Crippen LogP contribution in [0.4, 0.5) is 0 Å². The van der Waals surface area contributed by atoms with Gasteiger partial charge in [0.25, 0.3) is 0 Å². The summed E-state index contributed by atoms with van der Waals surface area (Å²) in [5.41, 5.74) is 0.